The van der Waals surface area contributed by atoms with Crippen LogP contribution in [0.3, 0.4) is 0 Å². The lowest BCUT2D eigenvalue weighted by Crippen LogP contribution is -2.51. The Balaban J connectivity index is 1.44. The first-order valence-corrected chi connectivity index (χ1v) is 7.97. The van der Waals surface area contributed by atoms with Crippen molar-refractivity contribution in [2.75, 3.05) is 31.1 Å². The molecule has 0 saturated carbocycles. The average molecular weight is 327 g/mol. The van der Waals surface area contributed by atoms with Gasteiger partial charge in [0.05, 0.1) is 12.3 Å². The number of nitrogens with one attached hydrogen (secondary N) is 1. The fraction of sp³-hybridized carbons (Fsp3) is 0.278. The van der Waals surface area contributed by atoms with Gasteiger partial charge < -0.3 is 14.9 Å². The zero-order valence-electron chi connectivity index (χ0n) is 13.4. The van der Waals surface area contributed by atoms with E-state index in [9.17, 15) is 9.90 Å². The number of hydrogen-bond acceptors (Lipinski definition) is 4. The molecule has 3 rings (SSSR count). The number of phenols is 1. The number of para-hydroxylation sites is 2. The van der Waals surface area contributed by atoms with Crippen LogP contribution >= 0.6 is 0 Å². The molecule has 126 valence electrons. The lowest BCUT2D eigenvalue weighted by atomic mass is 10.2. The molecule has 0 unspecified atom stereocenters. The molecule has 1 aliphatic heterocycles. The first-order valence-electron chi connectivity index (χ1n) is 7.97. The van der Waals surface area contributed by atoms with Gasteiger partial charge in [0.25, 0.3) is 0 Å². The summed E-state index contributed by atoms with van der Waals surface area (Å²) in [6.07, 6.45) is 0. The second-order valence-corrected chi connectivity index (χ2v) is 5.64. The van der Waals surface area contributed by atoms with Crippen molar-refractivity contribution in [3.8, 4) is 5.75 Å². The van der Waals surface area contributed by atoms with Crippen molar-refractivity contribution in [2.45, 2.75) is 6.61 Å². The van der Waals surface area contributed by atoms with Gasteiger partial charge in [0.1, 0.15) is 5.75 Å². The maximum absolute atomic E-state index is 12.1. The standard InChI is InChI=1S/C18H21N3O3/c22-17-9-5-4-8-16(17)20-10-12-21(13-11-20)18(23)19-24-14-15-6-2-1-3-7-15/h1-9,22H,10-14H2,(H,19,23). The third kappa shape index (κ3) is 3.97. The molecule has 0 spiro atoms. The Morgan fingerprint density at radius 3 is 2.38 bits per heavy atom. The number of benzene rings is 2. The largest absolute Gasteiger partial charge is 0.506 e. The summed E-state index contributed by atoms with van der Waals surface area (Å²) >= 11 is 0. The van der Waals surface area contributed by atoms with E-state index >= 15 is 0 Å². The monoisotopic (exact) mass is 327 g/mol. The SMILES string of the molecule is O=C(NOCc1ccccc1)N1CCN(c2ccccc2O)CC1. The van der Waals surface area contributed by atoms with E-state index in [2.05, 4.69) is 10.4 Å². The number of urea groups is 1. The summed E-state index contributed by atoms with van der Waals surface area (Å²) < 4.78 is 0. The molecule has 0 aliphatic carbocycles. The molecule has 1 fully saturated rings. The molecule has 0 bridgehead atoms. The number of piperazine rings is 1. The molecule has 24 heavy (non-hydrogen) atoms. The van der Waals surface area contributed by atoms with E-state index in [1.54, 1.807) is 17.0 Å². The van der Waals surface area contributed by atoms with Crippen molar-refractivity contribution < 1.29 is 14.7 Å². The quantitative estimate of drug-likeness (QED) is 0.846. The predicted molar refractivity (Wildman–Crippen MR) is 91.7 cm³/mol. The Labute approximate surface area is 141 Å². The van der Waals surface area contributed by atoms with Crippen LogP contribution in [-0.4, -0.2) is 42.2 Å². The van der Waals surface area contributed by atoms with Crippen molar-refractivity contribution in [1.29, 1.82) is 0 Å². The summed E-state index contributed by atoms with van der Waals surface area (Å²) in [6.45, 7) is 2.83. The molecule has 1 heterocycles. The highest BCUT2D eigenvalue weighted by molar-refractivity contribution is 5.73. The van der Waals surface area contributed by atoms with Gasteiger partial charge >= 0.3 is 6.03 Å². The lowest BCUT2D eigenvalue weighted by Gasteiger charge is -2.36. The van der Waals surface area contributed by atoms with Gasteiger partial charge in [-0.1, -0.05) is 42.5 Å². The minimum atomic E-state index is -0.233. The van der Waals surface area contributed by atoms with Crippen LogP contribution in [0.5, 0.6) is 5.75 Å². The Bertz CT molecular complexity index is 670. The lowest BCUT2D eigenvalue weighted by molar-refractivity contribution is 0.0359. The van der Waals surface area contributed by atoms with Crippen molar-refractivity contribution in [3.05, 3.63) is 60.2 Å². The van der Waals surface area contributed by atoms with Gasteiger partial charge in [-0.15, -0.1) is 0 Å². The third-order valence-corrected chi connectivity index (χ3v) is 4.03. The van der Waals surface area contributed by atoms with Crippen LogP contribution in [0.2, 0.25) is 0 Å². The minimum absolute atomic E-state index is 0.233. The third-order valence-electron chi connectivity index (χ3n) is 4.03. The second kappa shape index (κ2) is 7.70. The summed E-state index contributed by atoms with van der Waals surface area (Å²) in [4.78, 5) is 21.2. The zero-order chi connectivity index (χ0) is 16.8. The Morgan fingerprint density at radius 2 is 1.67 bits per heavy atom. The average Bonchev–Trinajstić information content (AvgIpc) is 2.63. The van der Waals surface area contributed by atoms with Gasteiger partial charge in [-0.05, 0) is 17.7 Å². The number of phenolic OH excluding ortho intramolecular Hbond substituents is 1. The van der Waals surface area contributed by atoms with Crippen molar-refractivity contribution in [3.63, 3.8) is 0 Å². The Morgan fingerprint density at radius 1 is 1.00 bits per heavy atom. The smallest absolute Gasteiger partial charge is 0.341 e. The number of carbonyl (C=O) groups is 1. The van der Waals surface area contributed by atoms with Gasteiger partial charge in [-0.2, -0.15) is 0 Å². The zero-order valence-corrected chi connectivity index (χ0v) is 13.4. The van der Waals surface area contributed by atoms with Gasteiger partial charge in [-0.25, -0.2) is 10.3 Å². The van der Waals surface area contributed by atoms with Crippen molar-refractivity contribution >= 4 is 11.7 Å². The summed E-state index contributed by atoms with van der Waals surface area (Å²) in [6, 6.07) is 16.7. The molecule has 2 N–H and O–H groups in total. The highest BCUT2D eigenvalue weighted by Gasteiger charge is 2.22. The number of hydroxylamine groups is 1. The first kappa shape index (κ1) is 16.1. The molecule has 0 radical (unpaired) electrons. The van der Waals surface area contributed by atoms with E-state index < -0.39 is 0 Å². The van der Waals surface area contributed by atoms with E-state index in [0.717, 1.165) is 11.3 Å². The molecule has 0 aromatic heterocycles. The van der Waals surface area contributed by atoms with E-state index in [1.165, 1.54) is 0 Å². The van der Waals surface area contributed by atoms with Gasteiger partial charge in [0.15, 0.2) is 0 Å². The summed E-state index contributed by atoms with van der Waals surface area (Å²) in [5, 5.41) is 9.91. The molecule has 2 aromatic rings. The Kier molecular flexibility index (Phi) is 5.18. The highest BCUT2D eigenvalue weighted by Crippen LogP contribution is 2.27. The van der Waals surface area contributed by atoms with Crippen LogP contribution in [-0.2, 0) is 11.4 Å². The minimum Gasteiger partial charge on any atom is -0.506 e. The second-order valence-electron chi connectivity index (χ2n) is 5.64. The fourth-order valence-electron chi connectivity index (χ4n) is 2.70. The topological polar surface area (TPSA) is 65.0 Å². The first-order chi connectivity index (χ1) is 11.7. The number of hydrogen-bond donors (Lipinski definition) is 2. The highest BCUT2D eigenvalue weighted by atomic mass is 16.7. The normalized spacial score (nSPS) is 14.5. The maximum Gasteiger partial charge on any atom is 0.341 e. The fourth-order valence-corrected chi connectivity index (χ4v) is 2.70. The van der Waals surface area contributed by atoms with Gasteiger partial charge in [0, 0.05) is 26.2 Å². The van der Waals surface area contributed by atoms with E-state index in [4.69, 9.17) is 4.84 Å². The van der Waals surface area contributed by atoms with Crippen molar-refractivity contribution in [1.82, 2.24) is 10.4 Å². The number of rotatable bonds is 4. The van der Waals surface area contributed by atoms with E-state index in [0.29, 0.717) is 32.8 Å². The Hall–Kier alpha value is -2.73. The van der Waals surface area contributed by atoms with Gasteiger partial charge in [0.2, 0.25) is 0 Å². The predicted octanol–water partition coefficient (Wildman–Crippen LogP) is 2.36. The van der Waals surface area contributed by atoms with Crippen molar-refractivity contribution in [2.24, 2.45) is 0 Å². The summed E-state index contributed by atoms with van der Waals surface area (Å²) in [5.74, 6) is 0.265. The molecule has 1 saturated heterocycles. The van der Waals surface area contributed by atoms with Gasteiger partial charge in [-0.3, -0.25) is 4.84 Å². The molecule has 1 aliphatic rings. The number of amides is 2. The van der Waals surface area contributed by atoms with Crippen LogP contribution < -0.4 is 10.4 Å². The van der Waals surface area contributed by atoms with Crippen LogP contribution in [0.4, 0.5) is 10.5 Å². The van der Waals surface area contributed by atoms with Crippen LogP contribution in [0.25, 0.3) is 0 Å². The number of anilines is 1. The molecule has 6 heteroatoms. The summed E-state index contributed by atoms with van der Waals surface area (Å²) in [7, 11) is 0. The van der Waals surface area contributed by atoms with E-state index in [-0.39, 0.29) is 11.8 Å². The molecular weight excluding hydrogens is 306 g/mol. The molecule has 2 amide bonds. The van der Waals surface area contributed by atoms with Crippen LogP contribution in [0, 0.1) is 0 Å². The van der Waals surface area contributed by atoms with Crippen LogP contribution in [0.1, 0.15) is 5.56 Å². The number of nitrogens with zero attached hydrogens (tertiary/aromatic N) is 2. The van der Waals surface area contributed by atoms with Crippen LogP contribution in [0.15, 0.2) is 54.6 Å². The molecule has 0 atom stereocenters. The molecule has 2 aromatic carbocycles. The number of carbonyl (C=O) groups excluding carboxylic acids is 1. The maximum atomic E-state index is 12.1. The summed E-state index contributed by atoms with van der Waals surface area (Å²) in [5.41, 5.74) is 4.29. The number of aromatic hydroxyl groups is 1. The molecular formula is C18H21N3O3. The molecule has 6 nitrogen and oxygen atoms in total. The van der Waals surface area contributed by atoms with E-state index in [1.807, 2.05) is 42.5 Å².